The topological polar surface area (TPSA) is 33.1 Å². The minimum atomic E-state index is 0.366. The van der Waals surface area contributed by atoms with Crippen molar-refractivity contribution in [2.24, 2.45) is 0 Å². The Kier molecular flexibility index (Phi) is 3.21. The second-order valence-corrected chi connectivity index (χ2v) is 4.45. The van der Waals surface area contributed by atoms with Gasteiger partial charge in [-0.2, -0.15) is 0 Å². The maximum Gasteiger partial charge on any atom is 0.120 e. The molecule has 1 N–H and O–H groups in total. The van der Waals surface area contributed by atoms with Crippen LogP contribution >= 0.6 is 15.9 Å². The molecule has 3 heteroatoms. The third-order valence-corrected chi connectivity index (χ3v) is 3.23. The first kappa shape index (κ1) is 10.4. The number of pyridine rings is 1. The second-order valence-electron chi connectivity index (χ2n) is 3.50. The molecule has 0 radical (unpaired) electrons. The summed E-state index contributed by atoms with van der Waals surface area (Å²) in [5, 5.41) is 9.93. The first-order valence-corrected chi connectivity index (χ1v) is 5.77. The fourth-order valence-corrected chi connectivity index (χ4v) is 2.40. The highest BCUT2D eigenvalue weighted by molar-refractivity contribution is 9.11. The van der Waals surface area contributed by atoms with Gasteiger partial charge >= 0.3 is 0 Å². The lowest BCUT2D eigenvalue weighted by molar-refractivity contribution is 0.435. The number of halogens is 1. The molecule has 0 saturated heterocycles. The van der Waals surface area contributed by atoms with Crippen molar-refractivity contribution in [1.82, 2.24) is 4.98 Å². The highest BCUT2D eigenvalue weighted by Gasteiger charge is 2.14. The van der Waals surface area contributed by atoms with E-state index in [9.17, 15) is 5.11 Å². The molecule has 0 spiro atoms. The molecule has 0 aliphatic heterocycles. The van der Waals surface area contributed by atoms with Crippen LogP contribution in [-0.4, -0.2) is 10.1 Å². The molecule has 0 aromatic carbocycles. The van der Waals surface area contributed by atoms with Gasteiger partial charge in [-0.05, 0) is 43.0 Å². The van der Waals surface area contributed by atoms with Crippen molar-refractivity contribution in [3.05, 3.63) is 46.4 Å². The van der Waals surface area contributed by atoms with Crippen molar-refractivity contribution < 1.29 is 5.11 Å². The zero-order valence-electron chi connectivity index (χ0n) is 8.28. The predicted molar refractivity (Wildman–Crippen MR) is 64.6 cm³/mol. The average Bonchev–Trinajstić information content (AvgIpc) is 2.41. The number of aromatic nitrogens is 1. The van der Waals surface area contributed by atoms with Gasteiger partial charge in [-0.15, -0.1) is 0 Å². The highest BCUT2D eigenvalue weighted by atomic mass is 79.9. The Balaban J connectivity index is 2.48. The molecule has 1 heterocycles. The third kappa shape index (κ3) is 2.29. The van der Waals surface area contributed by atoms with Gasteiger partial charge in [0, 0.05) is 22.4 Å². The molecule has 2 nitrogen and oxygen atoms in total. The van der Waals surface area contributed by atoms with E-state index in [2.05, 4.69) is 20.9 Å². The monoisotopic (exact) mass is 265 g/mol. The van der Waals surface area contributed by atoms with Gasteiger partial charge in [-0.1, -0.05) is 15.9 Å². The van der Waals surface area contributed by atoms with Crippen LogP contribution in [0.1, 0.15) is 24.8 Å². The van der Waals surface area contributed by atoms with E-state index in [0.29, 0.717) is 5.76 Å². The molecule has 2 rings (SSSR count). The summed E-state index contributed by atoms with van der Waals surface area (Å²) in [6.07, 6.45) is 8.32. The van der Waals surface area contributed by atoms with Crippen molar-refractivity contribution in [2.75, 3.05) is 0 Å². The normalized spacial score (nSPS) is 17.3. The summed E-state index contributed by atoms with van der Waals surface area (Å²) in [4.78, 5) is 3.97. The van der Waals surface area contributed by atoms with Crippen molar-refractivity contribution in [1.29, 1.82) is 0 Å². The number of aliphatic hydroxyl groups excluding tert-OH is 1. The van der Waals surface area contributed by atoms with Crippen molar-refractivity contribution in [2.45, 2.75) is 19.3 Å². The Morgan fingerprint density at radius 2 is 2.00 bits per heavy atom. The zero-order valence-corrected chi connectivity index (χ0v) is 9.87. The molecule has 1 aliphatic rings. The Morgan fingerprint density at radius 3 is 2.73 bits per heavy atom. The Bertz CT molecular complexity index is 409. The smallest absolute Gasteiger partial charge is 0.120 e. The quantitative estimate of drug-likeness (QED) is 0.838. The standard InChI is InChI=1S/C12H12BrNO/c13-10-3-1-2-4-11(15)12(10)9-5-7-14-8-6-9/h4-8,15H,1-3H2. The van der Waals surface area contributed by atoms with E-state index < -0.39 is 0 Å². The van der Waals surface area contributed by atoms with E-state index >= 15 is 0 Å². The Labute approximate surface area is 97.5 Å². The van der Waals surface area contributed by atoms with E-state index in [1.165, 1.54) is 0 Å². The molecule has 78 valence electrons. The summed E-state index contributed by atoms with van der Waals surface area (Å²) in [6, 6.07) is 3.82. The SMILES string of the molecule is OC1=CCCCC(Br)=C1c1ccncc1. The largest absolute Gasteiger partial charge is 0.508 e. The van der Waals surface area contributed by atoms with Crippen LogP contribution in [0.3, 0.4) is 0 Å². The van der Waals surface area contributed by atoms with Gasteiger partial charge in [0.1, 0.15) is 5.76 Å². The average molecular weight is 266 g/mol. The molecule has 1 aromatic rings. The molecule has 0 saturated carbocycles. The van der Waals surface area contributed by atoms with Crippen LogP contribution in [0, 0.1) is 0 Å². The predicted octanol–water partition coefficient (Wildman–Crippen LogP) is 3.81. The fourth-order valence-electron chi connectivity index (χ4n) is 1.69. The van der Waals surface area contributed by atoms with Crippen molar-refractivity contribution in [3.8, 4) is 0 Å². The Hall–Kier alpha value is -1.09. The van der Waals surface area contributed by atoms with E-state index in [-0.39, 0.29) is 0 Å². The molecule has 0 atom stereocenters. The van der Waals surface area contributed by atoms with Crippen LogP contribution < -0.4 is 0 Å². The zero-order chi connectivity index (χ0) is 10.7. The van der Waals surface area contributed by atoms with Gasteiger partial charge in [0.25, 0.3) is 0 Å². The lowest BCUT2D eigenvalue weighted by Gasteiger charge is -2.08. The van der Waals surface area contributed by atoms with Gasteiger partial charge < -0.3 is 5.11 Å². The van der Waals surface area contributed by atoms with E-state index in [0.717, 1.165) is 34.9 Å². The number of aliphatic hydroxyl groups is 1. The molecule has 0 unspecified atom stereocenters. The molecular formula is C12H12BrNO. The van der Waals surface area contributed by atoms with Crippen LogP contribution in [0.5, 0.6) is 0 Å². The molecule has 0 fully saturated rings. The molecular weight excluding hydrogens is 254 g/mol. The fraction of sp³-hybridized carbons (Fsp3) is 0.250. The molecule has 1 aliphatic carbocycles. The number of allylic oxidation sites excluding steroid dienone is 3. The summed E-state index contributed by atoms with van der Waals surface area (Å²) in [6.45, 7) is 0. The van der Waals surface area contributed by atoms with E-state index in [4.69, 9.17) is 0 Å². The van der Waals surface area contributed by atoms with Gasteiger partial charge in [0.05, 0.1) is 0 Å². The number of nitrogens with zero attached hydrogens (tertiary/aromatic N) is 1. The van der Waals surface area contributed by atoms with Crippen LogP contribution in [0.2, 0.25) is 0 Å². The van der Waals surface area contributed by atoms with Crippen LogP contribution in [-0.2, 0) is 0 Å². The van der Waals surface area contributed by atoms with Gasteiger partial charge in [-0.3, -0.25) is 4.98 Å². The van der Waals surface area contributed by atoms with Gasteiger partial charge in [-0.25, -0.2) is 0 Å². The molecule has 15 heavy (non-hydrogen) atoms. The number of hydrogen-bond acceptors (Lipinski definition) is 2. The summed E-state index contributed by atoms with van der Waals surface area (Å²) in [7, 11) is 0. The molecule has 1 aromatic heterocycles. The summed E-state index contributed by atoms with van der Waals surface area (Å²) in [5.41, 5.74) is 1.91. The van der Waals surface area contributed by atoms with Crippen molar-refractivity contribution in [3.63, 3.8) is 0 Å². The first-order valence-electron chi connectivity index (χ1n) is 4.97. The second kappa shape index (κ2) is 4.62. The van der Waals surface area contributed by atoms with Gasteiger partial charge in [0.15, 0.2) is 0 Å². The van der Waals surface area contributed by atoms with Gasteiger partial charge in [0.2, 0.25) is 0 Å². The maximum atomic E-state index is 9.93. The first-order chi connectivity index (χ1) is 7.29. The van der Waals surface area contributed by atoms with Crippen LogP contribution in [0.4, 0.5) is 0 Å². The molecule has 0 amide bonds. The van der Waals surface area contributed by atoms with Crippen molar-refractivity contribution >= 4 is 21.5 Å². The minimum absolute atomic E-state index is 0.366. The number of hydrogen-bond donors (Lipinski definition) is 1. The lowest BCUT2D eigenvalue weighted by Crippen LogP contribution is -1.91. The van der Waals surface area contributed by atoms with Crippen LogP contribution in [0.15, 0.2) is 40.8 Å². The molecule has 0 bridgehead atoms. The minimum Gasteiger partial charge on any atom is -0.508 e. The summed E-state index contributed by atoms with van der Waals surface area (Å²) >= 11 is 3.54. The lowest BCUT2D eigenvalue weighted by atomic mass is 10.1. The summed E-state index contributed by atoms with van der Waals surface area (Å²) in [5.74, 6) is 0.366. The maximum absolute atomic E-state index is 9.93. The Morgan fingerprint density at radius 1 is 1.27 bits per heavy atom. The third-order valence-electron chi connectivity index (χ3n) is 2.43. The van der Waals surface area contributed by atoms with E-state index in [1.54, 1.807) is 12.4 Å². The summed E-state index contributed by atoms with van der Waals surface area (Å²) < 4.78 is 1.07. The van der Waals surface area contributed by atoms with Crippen LogP contribution in [0.25, 0.3) is 5.57 Å². The van der Waals surface area contributed by atoms with E-state index in [1.807, 2.05) is 18.2 Å². The number of rotatable bonds is 1. The highest BCUT2D eigenvalue weighted by Crippen LogP contribution is 2.33.